The van der Waals surface area contributed by atoms with Gasteiger partial charge in [-0.2, -0.15) is 0 Å². The zero-order valence-electron chi connectivity index (χ0n) is 7.14. The fraction of sp³-hybridized carbons (Fsp3) is 0.111. The average molecular weight is 212 g/mol. The van der Waals surface area contributed by atoms with E-state index >= 15 is 0 Å². The fourth-order valence-corrected chi connectivity index (χ4v) is 1.50. The van der Waals surface area contributed by atoms with Crippen molar-refractivity contribution in [3.8, 4) is 5.75 Å². The molecule has 4 nitrogen and oxygen atoms in total. The van der Waals surface area contributed by atoms with Crippen LogP contribution in [-0.2, 0) is 9.59 Å². The van der Waals surface area contributed by atoms with Crippen molar-refractivity contribution in [3.05, 3.63) is 24.3 Å². The number of thioether (sulfide) groups is 1. The second-order valence-electron chi connectivity index (χ2n) is 2.51. The first-order valence-corrected chi connectivity index (χ1v) is 4.76. The van der Waals surface area contributed by atoms with Crippen LogP contribution in [0.5, 0.6) is 5.75 Å². The van der Waals surface area contributed by atoms with Gasteiger partial charge in [-0.25, -0.2) is 4.79 Å². The number of phenols is 1. The molecule has 1 aromatic carbocycles. The summed E-state index contributed by atoms with van der Waals surface area (Å²) in [5.74, 6) is -2.21. The lowest BCUT2D eigenvalue weighted by Gasteiger charge is -1.98. The lowest BCUT2D eigenvalue weighted by molar-refractivity contribution is -0.147. The highest BCUT2D eigenvalue weighted by Gasteiger charge is 2.11. The molecule has 5 heteroatoms. The highest BCUT2D eigenvalue weighted by atomic mass is 32.2. The number of carboxylic acid groups (broad SMARTS) is 1. The van der Waals surface area contributed by atoms with Gasteiger partial charge >= 0.3 is 5.97 Å². The van der Waals surface area contributed by atoms with Gasteiger partial charge in [0.05, 0.1) is 5.75 Å². The van der Waals surface area contributed by atoms with Crippen molar-refractivity contribution in [3.63, 3.8) is 0 Å². The summed E-state index contributed by atoms with van der Waals surface area (Å²) in [7, 11) is 0. The number of ketones is 1. The Morgan fingerprint density at radius 2 is 1.79 bits per heavy atom. The average Bonchev–Trinajstić information content (AvgIpc) is 2.16. The van der Waals surface area contributed by atoms with Crippen LogP contribution in [0.1, 0.15) is 0 Å². The Morgan fingerprint density at radius 3 is 2.29 bits per heavy atom. The van der Waals surface area contributed by atoms with E-state index in [-0.39, 0.29) is 11.5 Å². The smallest absolute Gasteiger partial charge is 0.373 e. The molecular weight excluding hydrogens is 204 g/mol. The Hall–Kier alpha value is -1.49. The third-order valence-corrected chi connectivity index (χ3v) is 2.46. The van der Waals surface area contributed by atoms with Crippen molar-refractivity contribution in [2.75, 3.05) is 5.75 Å². The summed E-state index contributed by atoms with van der Waals surface area (Å²) in [6, 6.07) is 6.20. The second-order valence-corrected chi connectivity index (χ2v) is 3.56. The minimum atomic E-state index is -1.42. The maximum Gasteiger partial charge on any atom is 0.373 e. The van der Waals surface area contributed by atoms with E-state index in [9.17, 15) is 9.59 Å². The Labute approximate surface area is 84.6 Å². The van der Waals surface area contributed by atoms with Crippen molar-refractivity contribution >= 4 is 23.5 Å². The molecule has 0 spiro atoms. The van der Waals surface area contributed by atoms with Gasteiger partial charge in [-0.3, -0.25) is 4.79 Å². The van der Waals surface area contributed by atoms with Gasteiger partial charge in [-0.1, -0.05) is 0 Å². The number of carbonyl (C=O) groups is 2. The molecule has 0 fully saturated rings. The monoisotopic (exact) mass is 212 g/mol. The first kappa shape index (κ1) is 10.6. The molecule has 0 aliphatic carbocycles. The lowest BCUT2D eigenvalue weighted by atomic mass is 10.3. The van der Waals surface area contributed by atoms with Crippen molar-refractivity contribution in [1.82, 2.24) is 0 Å². The number of Topliss-reactive ketones (excluding diaryl/α,β-unsaturated/α-hetero) is 1. The number of hydrogen-bond acceptors (Lipinski definition) is 4. The summed E-state index contributed by atoms with van der Waals surface area (Å²) >= 11 is 1.12. The third-order valence-electron chi connectivity index (χ3n) is 1.45. The molecule has 14 heavy (non-hydrogen) atoms. The molecule has 0 saturated heterocycles. The molecule has 0 aliphatic rings. The van der Waals surface area contributed by atoms with Gasteiger partial charge in [0, 0.05) is 4.90 Å². The van der Waals surface area contributed by atoms with Crippen LogP contribution in [0, 0.1) is 0 Å². The van der Waals surface area contributed by atoms with Crippen LogP contribution in [0.2, 0.25) is 0 Å². The fourth-order valence-electron chi connectivity index (χ4n) is 0.753. The van der Waals surface area contributed by atoms with Gasteiger partial charge in [-0.15, -0.1) is 11.8 Å². The van der Waals surface area contributed by atoms with Gasteiger partial charge in [-0.05, 0) is 24.3 Å². The predicted molar refractivity (Wildman–Crippen MR) is 51.5 cm³/mol. The van der Waals surface area contributed by atoms with Gasteiger partial charge in [0.2, 0.25) is 5.78 Å². The number of aromatic hydroxyl groups is 1. The molecule has 0 saturated carbocycles. The molecule has 1 rings (SSSR count). The normalized spacial score (nSPS) is 9.71. The van der Waals surface area contributed by atoms with Crippen LogP contribution < -0.4 is 0 Å². The van der Waals surface area contributed by atoms with Crippen LogP contribution >= 0.6 is 11.8 Å². The summed E-state index contributed by atoms with van der Waals surface area (Å²) < 4.78 is 0. The standard InChI is InChI=1S/C9H8O4S/c10-6-1-3-7(4-2-6)14-5-8(11)9(12)13/h1-4,10H,5H2,(H,12,13). The molecule has 74 valence electrons. The molecular formula is C9H8O4S. The van der Waals surface area contributed by atoms with Crippen LogP contribution in [0.15, 0.2) is 29.2 Å². The Bertz CT molecular complexity index is 344. The van der Waals surface area contributed by atoms with E-state index < -0.39 is 11.8 Å². The minimum absolute atomic E-state index is 0.0971. The first-order chi connectivity index (χ1) is 6.59. The van der Waals surface area contributed by atoms with E-state index in [1.165, 1.54) is 12.1 Å². The molecule has 0 bridgehead atoms. The van der Waals surface area contributed by atoms with Crippen molar-refractivity contribution in [2.24, 2.45) is 0 Å². The number of rotatable bonds is 4. The van der Waals surface area contributed by atoms with Gasteiger partial charge in [0.25, 0.3) is 0 Å². The van der Waals surface area contributed by atoms with E-state index in [0.717, 1.165) is 16.7 Å². The zero-order chi connectivity index (χ0) is 10.6. The summed E-state index contributed by atoms with van der Waals surface area (Å²) in [6.45, 7) is 0. The van der Waals surface area contributed by atoms with Crippen LogP contribution in [-0.4, -0.2) is 27.7 Å². The van der Waals surface area contributed by atoms with Crippen molar-refractivity contribution in [1.29, 1.82) is 0 Å². The molecule has 0 amide bonds. The zero-order valence-corrected chi connectivity index (χ0v) is 7.95. The Kier molecular flexibility index (Phi) is 3.53. The molecule has 0 heterocycles. The minimum Gasteiger partial charge on any atom is -0.508 e. The third kappa shape index (κ3) is 3.10. The van der Waals surface area contributed by atoms with Crippen LogP contribution in [0.4, 0.5) is 0 Å². The van der Waals surface area contributed by atoms with E-state index in [2.05, 4.69) is 0 Å². The Morgan fingerprint density at radius 1 is 1.21 bits per heavy atom. The largest absolute Gasteiger partial charge is 0.508 e. The Balaban J connectivity index is 2.50. The van der Waals surface area contributed by atoms with E-state index in [1.807, 2.05) is 0 Å². The summed E-state index contributed by atoms with van der Waals surface area (Å²) in [5, 5.41) is 17.3. The molecule has 0 aromatic heterocycles. The summed E-state index contributed by atoms with van der Waals surface area (Å²) in [6.07, 6.45) is 0. The van der Waals surface area contributed by atoms with Gasteiger partial charge < -0.3 is 10.2 Å². The number of carbonyl (C=O) groups excluding carboxylic acids is 1. The molecule has 0 unspecified atom stereocenters. The molecule has 0 radical (unpaired) electrons. The second kappa shape index (κ2) is 4.66. The van der Waals surface area contributed by atoms with Crippen LogP contribution in [0.3, 0.4) is 0 Å². The lowest BCUT2D eigenvalue weighted by Crippen LogP contribution is -2.14. The number of carboxylic acids is 1. The summed E-state index contributed by atoms with van der Waals surface area (Å²) in [4.78, 5) is 21.6. The predicted octanol–water partition coefficient (Wildman–Crippen LogP) is 1.14. The number of phenolic OH excluding ortho intramolecular Hbond substituents is 1. The molecule has 1 aromatic rings. The van der Waals surface area contributed by atoms with E-state index in [0.29, 0.717) is 0 Å². The highest BCUT2D eigenvalue weighted by Crippen LogP contribution is 2.20. The van der Waals surface area contributed by atoms with Crippen molar-refractivity contribution in [2.45, 2.75) is 4.90 Å². The maximum absolute atomic E-state index is 10.7. The topological polar surface area (TPSA) is 74.6 Å². The number of benzene rings is 1. The number of hydrogen-bond donors (Lipinski definition) is 2. The molecule has 0 aliphatic heterocycles. The molecule has 0 atom stereocenters. The van der Waals surface area contributed by atoms with E-state index in [1.54, 1.807) is 12.1 Å². The number of aliphatic carboxylic acids is 1. The highest BCUT2D eigenvalue weighted by molar-refractivity contribution is 8.00. The summed E-state index contributed by atoms with van der Waals surface area (Å²) in [5.41, 5.74) is 0. The van der Waals surface area contributed by atoms with Crippen LogP contribution in [0.25, 0.3) is 0 Å². The molecule has 2 N–H and O–H groups in total. The SMILES string of the molecule is O=C(O)C(=O)CSc1ccc(O)cc1. The maximum atomic E-state index is 10.7. The van der Waals surface area contributed by atoms with Crippen molar-refractivity contribution < 1.29 is 19.8 Å². The van der Waals surface area contributed by atoms with Gasteiger partial charge in [0.15, 0.2) is 0 Å². The van der Waals surface area contributed by atoms with Gasteiger partial charge in [0.1, 0.15) is 5.75 Å². The first-order valence-electron chi connectivity index (χ1n) is 3.77. The van der Waals surface area contributed by atoms with E-state index in [4.69, 9.17) is 10.2 Å². The quantitative estimate of drug-likeness (QED) is 0.578.